The second kappa shape index (κ2) is 7.13. The molecule has 2 heterocycles. The molecule has 0 atom stereocenters. The van der Waals surface area contributed by atoms with Gasteiger partial charge in [0.05, 0.1) is 0 Å². The van der Waals surface area contributed by atoms with Gasteiger partial charge in [0.1, 0.15) is 5.82 Å². The Balaban J connectivity index is 1.52. The molecule has 0 spiro atoms. The van der Waals surface area contributed by atoms with Crippen LogP contribution in [0.3, 0.4) is 0 Å². The SMILES string of the molecule is CCc1ccc(NC(=O)N2CCC(N3CC=CC3)CC2)cc1F. The first-order chi connectivity index (χ1) is 11.2. The molecule has 0 aliphatic carbocycles. The summed E-state index contributed by atoms with van der Waals surface area (Å²) in [6.07, 6.45) is 7.05. The van der Waals surface area contributed by atoms with Gasteiger partial charge in [-0.2, -0.15) is 0 Å². The molecule has 2 aliphatic heterocycles. The van der Waals surface area contributed by atoms with Crippen molar-refractivity contribution in [1.82, 2.24) is 9.80 Å². The molecule has 2 aliphatic rings. The molecule has 23 heavy (non-hydrogen) atoms. The van der Waals surface area contributed by atoms with Crippen molar-refractivity contribution >= 4 is 11.7 Å². The highest BCUT2D eigenvalue weighted by atomic mass is 19.1. The molecule has 1 fully saturated rings. The molecule has 1 saturated heterocycles. The number of nitrogens with zero attached hydrogens (tertiary/aromatic N) is 2. The normalized spacial score (nSPS) is 19.3. The molecule has 124 valence electrons. The summed E-state index contributed by atoms with van der Waals surface area (Å²) < 4.78 is 13.8. The minimum Gasteiger partial charge on any atom is -0.324 e. The summed E-state index contributed by atoms with van der Waals surface area (Å²) in [5.74, 6) is -0.259. The summed E-state index contributed by atoms with van der Waals surface area (Å²) >= 11 is 0. The molecule has 1 N–H and O–H groups in total. The van der Waals surface area contributed by atoms with Crippen molar-refractivity contribution in [3.63, 3.8) is 0 Å². The van der Waals surface area contributed by atoms with E-state index in [1.54, 1.807) is 12.1 Å². The van der Waals surface area contributed by atoms with Crippen LogP contribution in [-0.4, -0.2) is 48.1 Å². The van der Waals surface area contributed by atoms with E-state index >= 15 is 0 Å². The lowest BCUT2D eigenvalue weighted by Gasteiger charge is -2.36. The van der Waals surface area contributed by atoms with E-state index in [0.29, 0.717) is 23.7 Å². The summed E-state index contributed by atoms with van der Waals surface area (Å²) in [5.41, 5.74) is 1.19. The average molecular weight is 317 g/mol. The number of benzene rings is 1. The molecule has 1 aromatic carbocycles. The number of nitrogens with one attached hydrogen (secondary N) is 1. The van der Waals surface area contributed by atoms with Crippen LogP contribution in [0, 0.1) is 5.82 Å². The van der Waals surface area contributed by atoms with Crippen LogP contribution in [0.15, 0.2) is 30.4 Å². The topological polar surface area (TPSA) is 35.6 Å². The van der Waals surface area contributed by atoms with Gasteiger partial charge in [-0.3, -0.25) is 4.90 Å². The number of hydrogen-bond donors (Lipinski definition) is 1. The molecule has 3 rings (SSSR count). The molecule has 0 unspecified atom stereocenters. The Hall–Kier alpha value is -1.88. The Morgan fingerprint density at radius 2 is 1.96 bits per heavy atom. The number of halogens is 1. The zero-order valence-corrected chi connectivity index (χ0v) is 13.6. The van der Waals surface area contributed by atoms with Crippen LogP contribution in [0.4, 0.5) is 14.9 Å². The molecule has 4 nitrogen and oxygen atoms in total. The average Bonchev–Trinajstić information content (AvgIpc) is 3.09. The fourth-order valence-corrected chi connectivity index (χ4v) is 3.34. The van der Waals surface area contributed by atoms with Gasteiger partial charge in [0, 0.05) is 37.9 Å². The Bertz CT molecular complexity index is 586. The van der Waals surface area contributed by atoms with Gasteiger partial charge in [-0.05, 0) is 37.0 Å². The predicted molar refractivity (Wildman–Crippen MR) is 90.1 cm³/mol. The lowest BCUT2D eigenvalue weighted by atomic mass is 10.0. The summed E-state index contributed by atoms with van der Waals surface area (Å²) in [7, 11) is 0. The number of urea groups is 1. The van der Waals surface area contributed by atoms with Gasteiger partial charge in [0.2, 0.25) is 0 Å². The summed E-state index contributed by atoms with van der Waals surface area (Å²) in [6, 6.07) is 5.33. The molecular weight excluding hydrogens is 293 g/mol. The number of likely N-dealkylation sites (tertiary alicyclic amines) is 1. The van der Waals surface area contributed by atoms with E-state index in [9.17, 15) is 9.18 Å². The van der Waals surface area contributed by atoms with Crippen LogP contribution in [0.2, 0.25) is 0 Å². The number of anilines is 1. The van der Waals surface area contributed by atoms with Crippen molar-refractivity contribution < 1.29 is 9.18 Å². The second-order valence-electron chi connectivity index (χ2n) is 6.23. The van der Waals surface area contributed by atoms with E-state index in [1.165, 1.54) is 6.07 Å². The smallest absolute Gasteiger partial charge is 0.321 e. The third kappa shape index (κ3) is 3.72. The van der Waals surface area contributed by atoms with Crippen molar-refractivity contribution in [1.29, 1.82) is 0 Å². The second-order valence-corrected chi connectivity index (χ2v) is 6.23. The maximum Gasteiger partial charge on any atom is 0.321 e. The molecule has 2 amide bonds. The lowest BCUT2D eigenvalue weighted by Crippen LogP contribution is -2.47. The van der Waals surface area contributed by atoms with Crippen molar-refractivity contribution in [2.45, 2.75) is 32.2 Å². The van der Waals surface area contributed by atoms with Crippen LogP contribution in [0.5, 0.6) is 0 Å². The highest BCUT2D eigenvalue weighted by Gasteiger charge is 2.27. The number of amides is 2. The third-order valence-corrected chi connectivity index (χ3v) is 4.80. The first-order valence-electron chi connectivity index (χ1n) is 8.40. The quantitative estimate of drug-likeness (QED) is 0.869. The Morgan fingerprint density at radius 3 is 2.57 bits per heavy atom. The fourth-order valence-electron chi connectivity index (χ4n) is 3.34. The number of carbonyl (C=O) groups is 1. The largest absolute Gasteiger partial charge is 0.324 e. The highest BCUT2D eigenvalue weighted by Crippen LogP contribution is 2.20. The van der Waals surface area contributed by atoms with Crippen LogP contribution in [0.1, 0.15) is 25.3 Å². The summed E-state index contributed by atoms with van der Waals surface area (Å²) in [5, 5.41) is 2.81. The van der Waals surface area contributed by atoms with E-state index in [0.717, 1.165) is 39.0 Å². The number of hydrogen-bond acceptors (Lipinski definition) is 2. The molecule has 0 bridgehead atoms. The van der Waals surface area contributed by atoms with Crippen LogP contribution < -0.4 is 5.32 Å². The van der Waals surface area contributed by atoms with Crippen LogP contribution in [-0.2, 0) is 6.42 Å². The molecule has 5 heteroatoms. The number of piperidine rings is 1. The van der Waals surface area contributed by atoms with Crippen molar-refractivity contribution in [2.75, 3.05) is 31.5 Å². The van der Waals surface area contributed by atoms with E-state index in [2.05, 4.69) is 22.4 Å². The molecule has 1 aromatic rings. The van der Waals surface area contributed by atoms with E-state index in [1.807, 2.05) is 11.8 Å². The zero-order chi connectivity index (χ0) is 16.2. The first kappa shape index (κ1) is 16.0. The molecule has 0 radical (unpaired) electrons. The Labute approximate surface area is 137 Å². The molecule has 0 aromatic heterocycles. The van der Waals surface area contributed by atoms with Crippen molar-refractivity contribution in [2.24, 2.45) is 0 Å². The zero-order valence-electron chi connectivity index (χ0n) is 13.6. The van der Waals surface area contributed by atoms with Gasteiger partial charge >= 0.3 is 6.03 Å². The number of aryl methyl sites for hydroxylation is 1. The van der Waals surface area contributed by atoms with Crippen LogP contribution >= 0.6 is 0 Å². The van der Waals surface area contributed by atoms with Gasteiger partial charge in [-0.25, -0.2) is 9.18 Å². The molecule has 0 saturated carbocycles. The summed E-state index contributed by atoms with van der Waals surface area (Å²) in [4.78, 5) is 16.6. The minimum atomic E-state index is -0.259. The fraction of sp³-hybridized carbons (Fsp3) is 0.500. The maximum absolute atomic E-state index is 13.8. The van der Waals surface area contributed by atoms with Crippen molar-refractivity contribution in [3.8, 4) is 0 Å². The number of carbonyl (C=O) groups excluding carboxylic acids is 1. The molecular formula is C18H24FN3O. The van der Waals surface area contributed by atoms with E-state index < -0.39 is 0 Å². The standard InChI is InChI=1S/C18H24FN3O/c1-2-14-5-6-15(13-17(14)19)20-18(23)22-11-7-16(8-12-22)21-9-3-4-10-21/h3-6,13,16H,2,7-12H2,1H3,(H,20,23). The van der Waals surface area contributed by atoms with Crippen molar-refractivity contribution in [3.05, 3.63) is 41.7 Å². The van der Waals surface area contributed by atoms with Gasteiger partial charge in [0.15, 0.2) is 0 Å². The lowest BCUT2D eigenvalue weighted by molar-refractivity contribution is 0.144. The van der Waals surface area contributed by atoms with E-state index in [4.69, 9.17) is 0 Å². The Kier molecular flexibility index (Phi) is 4.96. The van der Waals surface area contributed by atoms with E-state index in [-0.39, 0.29) is 11.8 Å². The Morgan fingerprint density at radius 1 is 1.26 bits per heavy atom. The van der Waals surface area contributed by atoms with Gasteiger partial charge in [-0.1, -0.05) is 25.1 Å². The minimum absolute atomic E-state index is 0.133. The summed E-state index contributed by atoms with van der Waals surface area (Å²) in [6.45, 7) is 5.47. The van der Waals surface area contributed by atoms with Gasteiger partial charge in [0.25, 0.3) is 0 Å². The van der Waals surface area contributed by atoms with Gasteiger partial charge in [-0.15, -0.1) is 0 Å². The number of rotatable bonds is 3. The predicted octanol–water partition coefficient (Wildman–Crippen LogP) is 3.26. The monoisotopic (exact) mass is 317 g/mol. The van der Waals surface area contributed by atoms with Crippen LogP contribution in [0.25, 0.3) is 0 Å². The highest BCUT2D eigenvalue weighted by molar-refractivity contribution is 5.89. The third-order valence-electron chi connectivity index (χ3n) is 4.80. The van der Waals surface area contributed by atoms with Gasteiger partial charge < -0.3 is 10.2 Å². The first-order valence-corrected chi connectivity index (χ1v) is 8.40. The maximum atomic E-state index is 13.8.